The maximum atomic E-state index is 13.7. The summed E-state index contributed by atoms with van der Waals surface area (Å²) in [5, 5.41) is 12.9. The quantitative estimate of drug-likeness (QED) is 0.230. The van der Waals surface area contributed by atoms with Crippen LogP contribution >= 0.6 is 11.6 Å². The molecule has 0 saturated heterocycles. The van der Waals surface area contributed by atoms with Crippen molar-refractivity contribution in [2.75, 3.05) is 5.32 Å². The largest absolute Gasteiger partial charge is 0.323 e. The van der Waals surface area contributed by atoms with E-state index in [9.17, 15) is 9.59 Å². The van der Waals surface area contributed by atoms with Crippen LogP contribution in [0.2, 0.25) is 5.02 Å². The van der Waals surface area contributed by atoms with E-state index in [1.54, 1.807) is 33.8 Å². The number of carbonyl (C=O) groups is 1. The number of benzene rings is 1. The van der Waals surface area contributed by atoms with E-state index < -0.39 is 12.0 Å². The van der Waals surface area contributed by atoms with Gasteiger partial charge in [0.15, 0.2) is 0 Å². The molecule has 42 heavy (non-hydrogen) atoms. The Morgan fingerprint density at radius 1 is 1.05 bits per heavy atom. The fourth-order valence-electron chi connectivity index (χ4n) is 5.50. The zero-order valence-corrected chi connectivity index (χ0v) is 23.8. The Bertz CT molecular complexity index is 1890. The molecule has 13 nitrogen and oxygen atoms in total. The van der Waals surface area contributed by atoms with Crippen molar-refractivity contribution in [3.63, 3.8) is 0 Å². The number of amides is 1. The number of anilines is 1. The highest BCUT2D eigenvalue weighted by atomic mass is 35.5. The first-order valence-corrected chi connectivity index (χ1v) is 13.8. The number of halogens is 1. The van der Waals surface area contributed by atoms with E-state index in [0.717, 1.165) is 10.9 Å². The lowest BCUT2D eigenvalue weighted by Crippen LogP contribution is -2.60. The molecule has 4 aromatic heterocycles. The monoisotopic (exact) mass is 587 g/mol. The molecule has 0 spiro atoms. The van der Waals surface area contributed by atoms with Gasteiger partial charge in [0, 0.05) is 46.8 Å². The topological polar surface area (TPSA) is 191 Å². The van der Waals surface area contributed by atoms with Gasteiger partial charge < -0.3 is 5.32 Å². The van der Waals surface area contributed by atoms with Crippen molar-refractivity contribution >= 4 is 34.1 Å². The fourth-order valence-corrected chi connectivity index (χ4v) is 5.72. The van der Waals surface area contributed by atoms with Crippen LogP contribution in [0.5, 0.6) is 0 Å². The lowest BCUT2D eigenvalue weighted by molar-refractivity contribution is -0.119. The molecule has 14 heteroatoms. The summed E-state index contributed by atoms with van der Waals surface area (Å²) in [7, 11) is 1.83. The minimum Gasteiger partial charge on any atom is -0.323 e. The highest BCUT2D eigenvalue weighted by molar-refractivity contribution is 6.31. The molecule has 0 fully saturated rings. The van der Waals surface area contributed by atoms with Crippen molar-refractivity contribution in [3.05, 3.63) is 76.3 Å². The minimum absolute atomic E-state index is 0.176. The number of rotatable bonds is 3. The van der Waals surface area contributed by atoms with Crippen molar-refractivity contribution in [2.45, 2.75) is 38.1 Å². The van der Waals surface area contributed by atoms with Crippen LogP contribution < -0.4 is 28.1 Å². The van der Waals surface area contributed by atoms with E-state index in [1.807, 2.05) is 26.1 Å². The summed E-state index contributed by atoms with van der Waals surface area (Å²) in [5.74, 6) is -2.32. The average molecular weight is 588 g/mol. The van der Waals surface area contributed by atoms with E-state index in [0.29, 0.717) is 58.2 Å². The normalized spacial score (nSPS) is 17.8. The maximum absolute atomic E-state index is 13.7. The number of hydrogen-bond acceptors (Lipinski definition) is 9. The summed E-state index contributed by atoms with van der Waals surface area (Å²) < 4.78 is 4.54. The van der Waals surface area contributed by atoms with Crippen LogP contribution in [0.25, 0.3) is 33.4 Å². The van der Waals surface area contributed by atoms with Crippen molar-refractivity contribution in [1.29, 1.82) is 0 Å². The average Bonchev–Trinajstić information content (AvgIpc) is 3.54. The van der Waals surface area contributed by atoms with Crippen molar-refractivity contribution in [3.8, 4) is 22.5 Å². The van der Waals surface area contributed by atoms with Crippen LogP contribution in [0.15, 0.2) is 60.0 Å². The van der Waals surface area contributed by atoms with Crippen LogP contribution in [0.1, 0.15) is 37.9 Å². The van der Waals surface area contributed by atoms with Crippen LogP contribution in [0.4, 0.5) is 5.69 Å². The molecule has 0 saturated carbocycles. The second-order valence-corrected chi connectivity index (χ2v) is 11.1. The van der Waals surface area contributed by atoms with E-state index in [-0.39, 0.29) is 17.4 Å². The third kappa shape index (κ3) is 4.96. The number of carbonyl (C=O) groups excluding carboxylic acids is 1. The molecule has 7 N–H and O–H groups in total. The number of nitrogens with two attached hydrogens (primary N) is 3. The van der Waals surface area contributed by atoms with Gasteiger partial charge >= 0.3 is 0 Å². The zero-order valence-electron chi connectivity index (χ0n) is 23.0. The highest BCUT2D eigenvalue weighted by Gasteiger charge is 2.28. The smallest absolute Gasteiger partial charge is 0.254 e. The number of aryl methyl sites for hydroxylation is 1. The van der Waals surface area contributed by atoms with Gasteiger partial charge in [-0.2, -0.15) is 10.2 Å². The van der Waals surface area contributed by atoms with Gasteiger partial charge in [-0.15, -0.1) is 0 Å². The zero-order chi connectivity index (χ0) is 29.8. The van der Waals surface area contributed by atoms with Crippen molar-refractivity contribution in [2.24, 2.45) is 30.2 Å². The van der Waals surface area contributed by atoms with Gasteiger partial charge in [-0.3, -0.25) is 41.0 Å². The minimum atomic E-state index is -1.83. The van der Waals surface area contributed by atoms with Gasteiger partial charge in [0.1, 0.15) is 0 Å². The molecule has 6 rings (SSSR count). The Labute approximate surface area is 245 Å². The molecule has 0 aliphatic carbocycles. The molecule has 5 heterocycles. The molecule has 2 unspecified atom stereocenters. The molecular weight excluding hydrogens is 558 g/mol. The van der Waals surface area contributed by atoms with Crippen LogP contribution in [0.3, 0.4) is 0 Å². The van der Waals surface area contributed by atoms with Gasteiger partial charge in [-0.25, -0.2) is 9.67 Å². The van der Waals surface area contributed by atoms with E-state index >= 15 is 0 Å². The summed E-state index contributed by atoms with van der Waals surface area (Å²) in [5.41, 5.74) is 21.9. The number of hydrogen-bond donors (Lipinski definition) is 4. The van der Waals surface area contributed by atoms with Gasteiger partial charge in [-0.1, -0.05) is 24.9 Å². The number of aromatic nitrogens is 7. The molecule has 216 valence electrons. The fraction of sp³-hybridized carbons (Fsp3) is 0.286. The summed E-state index contributed by atoms with van der Waals surface area (Å²) in [4.78, 5) is 36.0. The first-order valence-electron chi connectivity index (χ1n) is 13.4. The molecule has 1 aliphatic heterocycles. The van der Waals surface area contributed by atoms with E-state index in [2.05, 4.69) is 25.5 Å². The summed E-state index contributed by atoms with van der Waals surface area (Å²) in [6, 6.07) is 8.18. The predicted octanol–water partition coefficient (Wildman–Crippen LogP) is 2.50. The van der Waals surface area contributed by atoms with Gasteiger partial charge in [0.2, 0.25) is 11.8 Å². The Morgan fingerprint density at radius 2 is 1.86 bits per heavy atom. The maximum Gasteiger partial charge on any atom is 0.254 e. The van der Waals surface area contributed by atoms with Gasteiger partial charge in [0.05, 0.1) is 53.0 Å². The predicted molar refractivity (Wildman–Crippen MR) is 159 cm³/mol. The second-order valence-electron chi connectivity index (χ2n) is 10.7. The van der Waals surface area contributed by atoms with E-state index in [1.165, 1.54) is 23.3 Å². The Hall–Kier alpha value is -4.43. The molecule has 0 radical (unpaired) electrons. The van der Waals surface area contributed by atoms with Crippen molar-refractivity contribution in [1.82, 2.24) is 34.1 Å². The molecular formula is C28H30ClN11O2. The van der Waals surface area contributed by atoms with Gasteiger partial charge in [0.25, 0.3) is 5.56 Å². The number of nitrogens with one attached hydrogen (secondary N) is 1. The molecule has 1 aromatic carbocycles. The molecule has 2 bridgehead atoms. The van der Waals surface area contributed by atoms with Gasteiger partial charge in [-0.05, 0) is 37.1 Å². The Morgan fingerprint density at radius 3 is 2.62 bits per heavy atom. The first-order chi connectivity index (χ1) is 20.0. The third-order valence-corrected chi connectivity index (χ3v) is 7.82. The van der Waals surface area contributed by atoms with Crippen molar-refractivity contribution < 1.29 is 4.79 Å². The lowest BCUT2D eigenvalue weighted by Gasteiger charge is -2.24. The Kier molecular flexibility index (Phi) is 6.89. The third-order valence-electron chi connectivity index (χ3n) is 7.60. The Balaban J connectivity index is 1.48. The van der Waals surface area contributed by atoms with Crippen LogP contribution in [-0.4, -0.2) is 40.0 Å². The SMILES string of the molecule is CC1CCCC(n2cnc(-c3cc(Cl)cc4cnn(C)c34)cc2=O)c2cc(ccn2)-c2c(cnn2C(N)(N)N)NC1=O. The molecule has 2 atom stereocenters. The number of pyridine rings is 1. The lowest BCUT2D eigenvalue weighted by atomic mass is 9.97. The standard InChI is InChI=1S/C28H30ClN11O2/c1-15-4-3-5-23(21-9-16(6-7-33-21)26-22(37-27(15)42)13-36-40(26)28(30,31)32)39-14-34-20(11-24(39)41)19-10-18(29)8-17-12-35-38(2)25(17)19/h6-15,23H,3-5,30-32H2,1-2H3,(H,37,42). The second kappa shape index (κ2) is 10.4. The summed E-state index contributed by atoms with van der Waals surface area (Å²) >= 11 is 6.38. The summed E-state index contributed by atoms with van der Waals surface area (Å²) in [6.45, 7) is 1.85. The van der Waals surface area contributed by atoms with Crippen LogP contribution in [0, 0.1) is 5.92 Å². The number of fused-ring (bicyclic) bond motifs is 5. The van der Waals surface area contributed by atoms with Crippen LogP contribution in [-0.2, 0) is 17.8 Å². The van der Waals surface area contributed by atoms with E-state index in [4.69, 9.17) is 28.8 Å². The molecule has 1 aliphatic rings. The molecule has 1 amide bonds. The first kappa shape index (κ1) is 27.7. The number of nitrogens with zero attached hydrogens (tertiary/aromatic N) is 7. The molecule has 5 aromatic rings. The highest BCUT2D eigenvalue weighted by Crippen LogP contribution is 2.34. The summed E-state index contributed by atoms with van der Waals surface area (Å²) in [6.07, 6.45) is 8.12.